The molecule has 3 rings (SSSR count). The van der Waals surface area contributed by atoms with E-state index in [9.17, 15) is 9.90 Å². The van der Waals surface area contributed by atoms with E-state index in [0.29, 0.717) is 27.0 Å². The van der Waals surface area contributed by atoms with E-state index in [1.54, 1.807) is 29.8 Å². The van der Waals surface area contributed by atoms with Crippen LogP contribution in [0.2, 0.25) is 10.0 Å². The first-order chi connectivity index (χ1) is 11.4. The maximum absolute atomic E-state index is 11.8. The number of aryl methyl sites for hydroxylation is 1. The van der Waals surface area contributed by atoms with Crippen molar-refractivity contribution < 1.29 is 9.90 Å². The minimum Gasteiger partial charge on any atom is -0.478 e. The molecule has 2 aromatic carbocycles. The average Bonchev–Trinajstić information content (AvgIpc) is 2.88. The number of carbonyl (C=O) groups is 1. The second kappa shape index (κ2) is 6.30. The molecule has 0 aliphatic heterocycles. The second-order valence-electron chi connectivity index (χ2n) is 5.49. The molecular weight excluding hydrogens is 347 g/mol. The first kappa shape index (κ1) is 16.6. The van der Waals surface area contributed by atoms with Crippen molar-refractivity contribution in [2.45, 2.75) is 13.8 Å². The van der Waals surface area contributed by atoms with Gasteiger partial charge in [-0.25, -0.2) is 9.48 Å². The van der Waals surface area contributed by atoms with Crippen LogP contribution in [0.25, 0.3) is 16.9 Å². The van der Waals surface area contributed by atoms with Crippen molar-refractivity contribution in [1.82, 2.24) is 9.78 Å². The van der Waals surface area contributed by atoms with Crippen molar-refractivity contribution >= 4 is 29.2 Å². The minimum absolute atomic E-state index is 0.147. The van der Waals surface area contributed by atoms with Crippen LogP contribution in [0.3, 0.4) is 0 Å². The van der Waals surface area contributed by atoms with Crippen LogP contribution in [0.1, 0.15) is 21.6 Å². The molecule has 0 saturated heterocycles. The van der Waals surface area contributed by atoms with Crippen molar-refractivity contribution in [2.24, 2.45) is 0 Å². The molecule has 0 saturated carbocycles. The van der Waals surface area contributed by atoms with Crippen LogP contribution in [0.15, 0.2) is 42.5 Å². The third-order valence-corrected chi connectivity index (χ3v) is 4.54. The molecule has 0 amide bonds. The largest absolute Gasteiger partial charge is 0.478 e. The third-order valence-electron chi connectivity index (χ3n) is 3.80. The minimum atomic E-state index is -1.04. The Bertz CT molecular complexity index is 931. The number of nitrogens with zero attached hydrogens (tertiary/aromatic N) is 2. The molecule has 0 bridgehead atoms. The summed E-state index contributed by atoms with van der Waals surface area (Å²) in [6, 6.07) is 12.7. The predicted molar refractivity (Wildman–Crippen MR) is 95.5 cm³/mol. The zero-order chi connectivity index (χ0) is 17.4. The zero-order valence-corrected chi connectivity index (χ0v) is 14.6. The predicted octanol–water partition coefficient (Wildman–Crippen LogP) is 5.16. The summed E-state index contributed by atoms with van der Waals surface area (Å²) in [6.45, 7) is 3.72. The van der Waals surface area contributed by atoms with Crippen LogP contribution < -0.4 is 0 Å². The zero-order valence-electron chi connectivity index (χ0n) is 13.0. The first-order valence-electron chi connectivity index (χ1n) is 7.24. The SMILES string of the molecule is Cc1ccc(-n2nc(-c3ccc(Cl)c(Cl)c3)c(C(=O)O)c2C)cc1. The Morgan fingerprint density at radius 1 is 1.04 bits per heavy atom. The van der Waals surface area contributed by atoms with E-state index < -0.39 is 5.97 Å². The fourth-order valence-electron chi connectivity index (χ4n) is 2.54. The van der Waals surface area contributed by atoms with Gasteiger partial charge < -0.3 is 5.11 Å². The number of aromatic nitrogens is 2. The highest BCUT2D eigenvalue weighted by molar-refractivity contribution is 6.42. The van der Waals surface area contributed by atoms with Gasteiger partial charge in [-0.1, -0.05) is 47.0 Å². The van der Waals surface area contributed by atoms with Crippen molar-refractivity contribution in [2.75, 3.05) is 0 Å². The number of rotatable bonds is 3. The standard InChI is InChI=1S/C18H14Cl2N2O2/c1-10-3-6-13(7-4-10)22-11(2)16(18(23)24)17(21-22)12-5-8-14(19)15(20)9-12/h3-9H,1-2H3,(H,23,24). The van der Waals surface area contributed by atoms with Gasteiger partial charge in [0.15, 0.2) is 0 Å². The molecule has 4 nitrogen and oxygen atoms in total. The number of halogens is 2. The van der Waals surface area contributed by atoms with Crippen LogP contribution in [-0.2, 0) is 0 Å². The van der Waals surface area contributed by atoms with Crippen LogP contribution in [0.5, 0.6) is 0 Å². The molecule has 0 aliphatic rings. The summed E-state index contributed by atoms with van der Waals surface area (Å²) in [4.78, 5) is 11.8. The van der Waals surface area contributed by atoms with Gasteiger partial charge in [-0.05, 0) is 38.1 Å². The fourth-order valence-corrected chi connectivity index (χ4v) is 2.84. The summed E-state index contributed by atoms with van der Waals surface area (Å²) in [6.07, 6.45) is 0. The lowest BCUT2D eigenvalue weighted by molar-refractivity contribution is 0.0697. The number of benzene rings is 2. The van der Waals surface area contributed by atoms with Crippen LogP contribution in [0.4, 0.5) is 0 Å². The van der Waals surface area contributed by atoms with Gasteiger partial charge in [-0.3, -0.25) is 0 Å². The molecule has 0 atom stereocenters. The molecule has 0 radical (unpaired) electrons. The average molecular weight is 361 g/mol. The second-order valence-corrected chi connectivity index (χ2v) is 6.30. The number of hydrogen-bond donors (Lipinski definition) is 1. The molecule has 1 aromatic heterocycles. The van der Waals surface area contributed by atoms with Gasteiger partial charge in [0.25, 0.3) is 0 Å². The highest BCUT2D eigenvalue weighted by Crippen LogP contribution is 2.32. The summed E-state index contributed by atoms with van der Waals surface area (Å²) >= 11 is 12.0. The summed E-state index contributed by atoms with van der Waals surface area (Å²) in [5.74, 6) is -1.04. The van der Waals surface area contributed by atoms with Crippen LogP contribution >= 0.6 is 23.2 Å². The number of aromatic carboxylic acids is 1. The van der Waals surface area contributed by atoms with Crippen molar-refractivity contribution in [3.63, 3.8) is 0 Å². The Morgan fingerprint density at radius 2 is 1.71 bits per heavy atom. The van der Waals surface area contributed by atoms with E-state index in [-0.39, 0.29) is 5.56 Å². The van der Waals surface area contributed by atoms with Gasteiger partial charge in [0.1, 0.15) is 11.3 Å². The highest BCUT2D eigenvalue weighted by atomic mass is 35.5. The van der Waals surface area contributed by atoms with E-state index in [1.165, 1.54) is 0 Å². The molecular formula is C18H14Cl2N2O2. The lowest BCUT2D eigenvalue weighted by Crippen LogP contribution is -2.02. The quantitative estimate of drug-likeness (QED) is 0.701. The summed E-state index contributed by atoms with van der Waals surface area (Å²) in [7, 11) is 0. The van der Waals surface area contributed by atoms with Gasteiger partial charge >= 0.3 is 5.97 Å². The van der Waals surface area contributed by atoms with Crippen LogP contribution in [0, 0.1) is 13.8 Å². The molecule has 6 heteroatoms. The molecule has 3 aromatic rings. The normalized spacial score (nSPS) is 10.8. The van der Waals surface area contributed by atoms with Gasteiger partial charge in [0, 0.05) is 5.56 Å². The van der Waals surface area contributed by atoms with Crippen molar-refractivity contribution in [1.29, 1.82) is 0 Å². The molecule has 1 N–H and O–H groups in total. The Kier molecular flexibility index (Phi) is 4.35. The smallest absolute Gasteiger partial charge is 0.339 e. The molecule has 0 aliphatic carbocycles. The Balaban J connectivity index is 2.22. The summed E-state index contributed by atoms with van der Waals surface area (Å²) in [5.41, 5.74) is 3.58. The number of carboxylic acids is 1. The Hall–Kier alpha value is -2.30. The topological polar surface area (TPSA) is 55.1 Å². The molecule has 122 valence electrons. The highest BCUT2D eigenvalue weighted by Gasteiger charge is 2.23. The summed E-state index contributed by atoms with van der Waals surface area (Å²) in [5, 5.41) is 14.9. The van der Waals surface area contributed by atoms with Gasteiger partial charge in [0.2, 0.25) is 0 Å². The lowest BCUT2D eigenvalue weighted by atomic mass is 10.1. The number of carboxylic acid groups (broad SMARTS) is 1. The van der Waals surface area contributed by atoms with Crippen molar-refractivity contribution in [3.05, 3.63) is 69.3 Å². The van der Waals surface area contributed by atoms with E-state index in [4.69, 9.17) is 23.2 Å². The maximum atomic E-state index is 11.8. The lowest BCUT2D eigenvalue weighted by Gasteiger charge is -2.04. The Morgan fingerprint density at radius 3 is 2.29 bits per heavy atom. The monoisotopic (exact) mass is 360 g/mol. The van der Waals surface area contributed by atoms with Crippen molar-refractivity contribution in [3.8, 4) is 16.9 Å². The maximum Gasteiger partial charge on any atom is 0.339 e. The fraction of sp³-hybridized carbons (Fsp3) is 0.111. The number of hydrogen-bond acceptors (Lipinski definition) is 2. The van der Waals surface area contributed by atoms with E-state index >= 15 is 0 Å². The summed E-state index contributed by atoms with van der Waals surface area (Å²) < 4.78 is 1.63. The van der Waals surface area contributed by atoms with Gasteiger partial charge in [0.05, 0.1) is 21.4 Å². The Labute approximate surface area is 149 Å². The third kappa shape index (κ3) is 2.90. The molecule has 1 heterocycles. The van der Waals surface area contributed by atoms with E-state index in [1.807, 2.05) is 31.2 Å². The van der Waals surface area contributed by atoms with Crippen LogP contribution in [-0.4, -0.2) is 20.9 Å². The molecule has 0 fully saturated rings. The molecule has 0 unspecified atom stereocenters. The van der Waals surface area contributed by atoms with E-state index in [2.05, 4.69) is 5.10 Å². The molecule has 24 heavy (non-hydrogen) atoms. The van der Waals surface area contributed by atoms with Gasteiger partial charge in [-0.2, -0.15) is 5.10 Å². The first-order valence-corrected chi connectivity index (χ1v) is 7.99. The van der Waals surface area contributed by atoms with Gasteiger partial charge in [-0.15, -0.1) is 0 Å². The molecule has 0 spiro atoms. The van der Waals surface area contributed by atoms with E-state index in [0.717, 1.165) is 11.3 Å².